The molecular formula is C18H22O2. The first-order valence-corrected chi connectivity index (χ1v) is 7.20. The van der Waals surface area contributed by atoms with Crippen molar-refractivity contribution in [3.8, 4) is 11.5 Å². The molecule has 0 aliphatic heterocycles. The van der Waals surface area contributed by atoms with E-state index in [2.05, 4.69) is 19.9 Å². The highest BCUT2D eigenvalue weighted by atomic mass is 16.3. The van der Waals surface area contributed by atoms with E-state index < -0.39 is 0 Å². The number of phenolic OH excluding ortho intramolecular Hbond substituents is 2. The predicted molar refractivity (Wildman–Crippen MR) is 82.3 cm³/mol. The van der Waals surface area contributed by atoms with Gasteiger partial charge in [-0.3, -0.25) is 0 Å². The van der Waals surface area contributed by atoms with Crippen LogP contribution >= 0.6 is 0 Å². The van der Waals surface area contributed by atoms with Crippen LogP contribution in [0.5, 0.6) is 11.5 Å². The van der Waals surface area contributed by atoms with E-state index in [0.717, 1.165) is 30.4 Å². The molecule has 0 aromatic heterocycles. The second-order valence-electron chi connectivity index (χ2n) is 5.41. The minimum absolute atomic E-state index is 0.247. The van der Waals surface area contributed by atoms with E-state index in [1.165, 1.54) is 5.56 Å². The summed E-state index contributed by atoms with van der Waals surface area (Å²) in [4.78, 5) is 0. The highest BCUT2D eigenvalue weighted by molar-refractivity contribution is 5.39. The van der Waals surface area contributed by atoms with E-state index in [-0.39, 0.29) is 11.7 Å². The Bertz CT molecular complexity index is 558. The van der Waals surface area contributed by atoms with Crippen molar-refractivity contribution in [2.75, 3.05) is 0 Å². The SMILES string of the molecule is CCCc1ccc(O)c(C(C)Cc2ccc(O)cc2)c1. The molecule has 0 bridgehead atoms. The smallest absolute Gasteiger partial charge is 0.119 e. The molecule has 1 atom stereocenters. The van der Waals surface area contributed by atoms with Gasteiger partial charge in [-0.15, -0.1) is 0 Å². The van der Waals surface area contributed by atoms with Crippen LogP contribution in [-0.2, 0) is 12.8 Å². The Morgan fingerprint density at radius 3 is 2.25 bits per heavy atom. The molecule has 0 saturated carbocycles. The molecule has 0 saturated heterocycles. The summed E-state index contributed by atoms with van der Waals surface area (Å²) in [7, 11) is 0. The van der Waals surface area contributed by atoms with Crippen LogP contribution in [0.1, 0.15) is 42.9 Å². The van der Waals surface area contributed by atoms with Crippen molar-refractivity contribution >= 4 is 0 Å². The Balaban J connectivity index is 2.17. The topological polar surface area (TPSA) is 40.5 Å². The molecule has 1 unspecified atom stereocenters. The second kappa shape index (κ2) is 6.47. The van der Waals surface area contributed by atoms with Crippen LogP contribution in [0.4, 0.5) is 0 Å². The highest BCUT2D eigenvalue weighted by Crippen LogP contribution is 2.30. The molecule has 0 amide bonds. The number of phenols is 2. The van der Waals surface area contributed by atoms with Gasteiger partial charge in [-0.25, -0.2) is 0 Å². The fourth-order valence-corrected chi connectivity index (χ4v) is 2.54. The van der Waals surface area contributed by atoms with Crippen molar-refractivity contribution in [3.63, 3.8) is 0 Å². The fraction of sp³-hybridized carbons (Fsp3) is 0.333. The molecule has 2 nitrogen and oxygen atoms in total. The third-order valence-electron chi connectivity index (χ3n) is 3.64. The predicted octanol–water partition coefficient (Wildman–Crippen LogP) is 4.40. The lowest BCUT2D eigenvalue weighted by Crippen LogP contribution is -2.00. The van der Waals surface area contributed by atoms with E-state index in [1.54, 1.807) is 18.2 Å². The molecule has 106 valence electrons. The number of aryl methyl sites for hydroxylation is 1. The third-order valence-corrected chi connectivity index (χ3v) is 3.64. The number of hydrogen-bond acceptors (Lipinski definition) is 2. The van der Waals surface area contributed by atoms with Gasteiger partial charge in [-0.2, -0.15) is 0 Å². The van der Waals surface area contributed by atoms with Gasteiger partial charge >= 0.3 is 0 Å². The lowest BCUT2D eigenvalue weighted by Gasteiger charge is -2.15. The Hall–Kier alpha value is -1.96. The average molecular weight is 270 g/mol. The number of benzene rings is 2. The molecule has 2 N–H and O–H groups in total. The van der Waals surface area contributed by atoms with Gasteiger partial charge in [0.15, 0.2) is 0 Å². The van der Waals surface area contributed by atoms with Crippen molar-refractivity contribution in [1.29, 1.82) is 0 Å². The summed E-state index contributed by atoms with van der Waals surface area (Å²) in [5.74, 6) is 0.904. The largest absolute Gasteiger partial charge is 0.508 e. The molecule has 20 heavy (non-hydrogen) atoms. The second-order valence-corrected chi connectivity index (χ2v) is 5.41. The van der Waals surface area contributed by atoms with Gasteiger partial charge < -0.3 is 10.2 Å². The summed E-state index contributed by atoms with van der Waals surface area (Å²) in [5, 5.41) is 19.4. The van der Waals surface area contributed by atoms with Gasteiger partial charge in [-0.05, 0) is 53.6 Å². The van der Waals surface area contributed by atoms with Gasteiger partial charge in [0.2, 0.25) is 0 Å². The van der Waals surface area contributed by atoms with Crippen molar-refractivity contribution in [3.05, 3.63) is 59.2 Å². The van der Waals surface area contributed by atoms with Crippen LogP contribution in [0.2, 0.25) is 0 Å². The molecule has 0 heterocycles. The molecule has 2 aromatic carbocycles. The van der Waals surface area contributed by atoms with Crippen LogP contribution in [-0.4, -0.2) is 10.2 Å². The van der Waals surface area contributed by atoms with Crippen molar-refractivity contribution < 1.29 is 10.2 Å². The summed E-state index contributed by atoms with van der Waals surface area (Å²) in [6, 6.07) is 13.2. The standard InChI is InChI=1S/C18H22O2/c1-3-4-14-7-10-18(20)17(12-14)13(2)11-15-5-8-16(19)9-6-15/h5-10,12-13,19-20H,3-4,11H2,1-2H3. The lowest BCUT2D eigenvalue weighted by atomic mass is 9.91. The summed E-state index contributed by atoms with van der Waals surface area (Å²) in [5.41, 5.74) is 3.44. The first kappa shape index (κ1) is 14.4. The van der Waals surface area contributed by atoms with Gasteiger partial charge in [0.1, 0.15) is 11.5 Å². The fourth-order valence-electron chi connectivity index (χ4n) is 2.54. The normalized spacial score (nSPS) is 12.3. The minimum Gasteiger partial charge on any atom is -0.508 e. The highest BCUT2D eigenvalue weighted by Gasteiger charge is 2.12. The number of rotatable bonds is 5. The zero-order valence-corrected chi connectivity index (χ0v) is 12.1. The molecular weight excluding hydrogens is 248 g/mol. The first-order valence-electron chi connectivity index (χ1n) is 7.20. The van der Waals surface area contributed by atoms with E-state index in [1.807, 2.05) is 18.2 Å². The maximum absolute atomic E-state index is 10.1. The van der Waals surface area contributed by atoms with Gasteiger partial charge in [-0.1, -0.05) is 44.5 Å². The number of hydrogen-bond donors (Lipinski definition) is 2. The van der Waals surface area contributed by atoms with Crippen LogP contribution in [0.25, 0.3) is 0 Å². The number of aromatic hydroxyl groups is 2. The Kier molecular flexibility index (Phi) is 4.67. The quantitative estimate of drug-likeness (QED) is 0.845. The molecule has 2 aromatic rings. The van der Waals surface area contributed by atoms with Crippen molar-refractivity contribution in [2.45, 2.75) is 39.0 Å². The summed E-state index contributed by atoms with van der Waals surface area (Å²) in [6.07, 6.45) is 3.00. The average Bonchev–Trinajstić information content (AvgIpc) is 2.43. The van der Waals surface area contributed by atoms with Crippen molar-refractivity contribution in [1.82, 2.24) is 0 Å². The minimum atomic E-state index is 0.247. The Morgan fingerprint density at radius 2 is 1.60 bits per heavy atom. The first-order chi connectivity index (χ1) is 9.60. The lowest BCUT2D eigenvalue weighted by molar-refractivity contribution is 0.462. The van der Waals surface area contributed by atoms with E-state index in [4.69, 9.17) is 0 Å². The molecule has 0 spiro atoms. The molecule has 0 radical (unpaired) electrons. The zero-order chi connectivity index (χ0) is 14.5. The molecule has 2 heteroatoms. The summed E-state index contributed by atoms with van der Waals surface area (Å²) >= 11 is 0. The van der Waals surface area contributed by atoms with E-state index in [0.29, 0.717) is 5.75 Å². The van der Waals surface area contributed by atoms with Crippen LogP contribution in [0.3, 0.4) is 0 Å². The maximum Gasteiger partial charge on any atom is 0.119 e. The molecule has 2 rings (SSSR count). The van der Waals surface area contributed by atoms with Gasteiger partial charge in [0.05, 0.1) is 0 Å². The van der Waals surface area contributed by atoms with E-state index >= 15 is 0 Å². The van der Waals surface area contributed by atoms with Crippen LogP contribution in [0.15, 0.2) is 42.5 Å². The maximum atomic E-state index is 10.1. The van der Waals surface area contributed by atoms with Crippen LogP contribution in [0, 0.1) is 0 Å². The zero-order valence-electron chi connectivity index (χ0n) is 12.1. The Labute approximate surface area is 120 Å². The third kappa shape index (κ3) is 3.53. The summed E-state index contributed by atoms with van der Waals surface area (Å²) < 4.78 is 0. The molecule has 0 aliphatic rings. The van der Waals surface area contributed by atoms with Gasteiger partial charge in [0, 0.05) is 0 Å². The summed E-state index contributed by atoms with van der Waals surface area (Å²) in [6.45, 7) is 4.28. The Morgan fingerprint density at radius 1 is 0.950 bits per heavy atom. The molecule has 0 aliphatic carbocycles. The van der Waals surface area contributed by atoms with E-state index in [9.17, 15) is 10.2 Å². The van der Waals surface area contributed by atoms with Gasteiger partial charge in [0.25, 0.3) is 0 Å². The van der Waals surface area contributed by atoms with Crippen LogP contribution < -0.4 is 0 Å². The molecule has 0 fully saturated rings. The monoisotopic (exact) mass is 270 g/mol. The van der Waals surface area contributed by atoms with Crippen molar-refractivity contribution in [2.24, 2.45) is 0 Å².